The second kappa shape index (κ2) is 9.61. The van der Waals surface area contributed by atoms with Crippen LogP contribution in [-0.2, 0) is 0 Å². The summed E-state index contributed by atoms with van der Waals surface area (Å²) < 4.78 is 52.7. The van der Waals surface area contributed by atoms with Gasteiger partial charge < -0.3 is 4.90 Å². The first kappa shape index (κ1) is 23.0. The van der Waals surface area contributed by atoms with Crippen LogP contribution in [0.4, 0.5) is 23.4 Å². The highest BCUT2D eigenvalue weighted by atomic mass is 35.5. The van der Waals surface area contributed by atoms with Crippen molar-refractivity contribution < 1.29 is 17.6 Å². The summed E-state index contributed by atoms with van der Waals surface area (Å²) in [6, 6.07) is 5.20. The average Bonchev–Trinajstić information content (AvgIpc) is 3.27. The van der Waals surface area contributed by atoms with Gasteiger partial charge in [-0.15, -0.1) is 12.4 Å². The molecule has 2 aromatic heterocycles. The third-order valence-corrected chi connectivity index (χ3v) is 5.18. The molecule has 1 unspecified atom stereocenters. The van der Waals surface area contributed by atoms with Gasteiger partial charge in [0.05, 0.1) is 12.6 Å². The van der Waals surface area contributed by atoms with Gasteiger partial charge in [0.15, 0.2) is 5.82 Å². The van der Waals surface area contributed by atoms with Crippen LogP contribution in [0.1, 0.15) is 18.0 Å². The van der Waals surface area contributed by atoms with Crippen LogP contribution in [0.25, 0.3) is 11.3 Å². The number of aromatic amines is 1. The quantitative estimate of drug-likeness (QED) is 0.582. The molecule has 3 heterocycles. The third-order valence-electron chi connectivity index (χ3n) is 5.18. The molecule has 1 atom stereocenters. The van der Waals surface area contributed by atoms with Crippen molar-refractivity contribution >= 4 is 18.2 Å². The molecule has 1 saturated heterocycles. The Hall–Kier alpha value is -2.72. The first-order valence-corrected chi connectivity index (χ1v) is 9.52. The minimum atomic E-state index is -4.28. The van der Waals surface area contributed by atoms with Crippen molar-refractivity contribution in [3.8, 4) is 11.3 Å². The van der Waals surface area contributed by atoms with Crippen LogP contribution >= 0.6 is 12.4 Å². The Balaban J connectivity index is 0.00000272. The van der Waals surface area contributed by atoms with E-state index in [1.807, 2.05) is 9.80 Å². The Bertz CT molecular complexity index is 957. The highest BCUT2D eigenvalue weighted by Crippen LogP contribution is 2.35. The molecule has 1 aliphatic rings. The Labute approximate surface area is 182 Å². The number of rotatable bonds is 5. The predicted molar refractivity (Wildman–Crippen MR) is 110 cm³/mol. The molecule has 1 N–H and O–H groups in total. The van der Waals surface area contributed by atoms with Crippen LogP contribution < -0.4 is 4.90 Å². The molecule has 6 nitrogen and oxygen atoms in total. The number of piperazine rings is 1. The molecule has 0 radical (unpaired) electrons. The maximum atomic E-state index is 13.3. The molecule has 1 aromatic carbocycles. The lowest BCUT2D eigenvalue weighted by atomic mass is 10.0. The van der Waals surface area contributed by atoms with E-state index < -0.39 is 18.6 Å². The number of nitrogens with one attached hydrogen (secondary N) is 1. The summed E-state index contributed by atoms with van der Waals surface area (Å²) in [7, 11) is 0. The first-order chi connectivity index (χ1) is 14.4. The van der Waals surface area contributed by atoms with Gasteiger partial charge in [-0.3, -0.25) is 15.0 Å². The Morgan fingerprint density at radius 3 is 2.29 bits per heavy atom. The molecule has 0 spiro atoms. The molecule has 0 amide bonds. The van der Waals surface area contributed by atoms with Crippen molar-refractivity contribution in [2.75, 3.05) is 31.1 Å². The van der Waals surface area contributed by atoms with Crippen LogP contribution in [0.5, 0.6) is 0 Å². The summed E-state index contributed by atoms with van der Waals surface area (Å²) in [6.07, 6.45) is 0.887. The number of nitrogens with zero attached hydrogens (tertiary/aromatic N) is 5. The minimum Gasteiger partial charge on any atom is -0.352 e. The molecular weight excluding hydrogens is 436 g/mol. The van der Waals surface area contributed by atoms with Crippen LogP contribution in [0.15, 0.2) is 49.1 Å². The second-order valence-corrected chi connectivity index (χ2v) is 7.13. The van der Waals surface area contributed by atoms with E-state index in [1.165, 1.54) is 24.5 Å². The number of hydrogen-bond acceptors (Lipinski definition) is 5. The number of hydrogen-bond donors (Lipinski definition) is 1. The number of H-pyrrole nitrogens is 1. The number of anilines is 1. The molecule has 0 aliphatic carbocycles. The van der Waals surface area contributed by atoms with E-state index in [0.717, 1.165) is 5.56 Å². The summed E-state index contributed by atoms with van der Waals surface area (Å²) in [5.74, 6) is 0.298. The fourth-order valence-corrected chi connectivity index (χ4v) is 3.74. The molecular formula is C20H21ClF4N6. The molecule has 1 aliphatic heterocycles. The highest BCUT2D eigenvalue weighted by molar-refractivity contribution is 5.85. The maximum Gasteiger partial charge on any atom is 0.390 e. The van der Waals surface area contributed by atoms with Gasteiger partial charge in [-0.1, -0.05) is 0 Å². The van der Waals surface area contributed by atoms with Gasteiger partial charge in [0.1, 0.15) is 11.5 Å². The Kier molecular flexibility index (Phi) is 7.11. The molecule has 166 valence electrons. The lowest BCUT2D eigenvalue weighted by Gasteiger charge is -2.40. The fraction of sp³-hybridized carbons (Fsp3) is 0.350. The zero-order chi connectivity index (χ0) is 21.1. The van der Waals surface area contributed by atoms with Gasteiger partial charge in [0.2, 0.25) is 0 Å². The van der Waals surface area contributed by atoms with E-state index in [9.17, 15) is 17.6 Å². The van der Waals surface area contributed by atoms with E-state index in [-0.39, 0.29) is 18.2 Å². The normalized spacial score (nSPS) is 16.1. The predicted octanol–water partition coefficient (Wildman–Crippen LogP) is 4.24. The maximum absolute atomic E-state index is 13.3. The average molecular weight is 457 g/mol. The Morgan fingerprint density at radius 1 is 1.00 bits per heavy atom. The number of benzene rings is 1. The summed E-state index contributed by atoms with van der Waals surface area (Å²) >= 11 is 0. The van der Waals surface area contributed by atoms with Crippen molar-refractivity contribution in [1.82, 2.24) is 25.1 Å². The van der Waals surface area contributed by atoms with Gasteiger partial charge in [-0.25, -0.2) is 9.37 Å². The van der Waals surface area contributed by atoms with Crippen LogP contribution in [0.2, 0.25) is 0 Å². The molecule has 31 heavy (non-hydrogen) atoms. The highest BCUT2D eigenvalue weighted by Gasteiger charge is 2.37. The Morgan fingerprint density at radius 2 is 1.68 bits per heavy atom. The van der Waals surface area contributed by atoms with Gasteiger partial charge in [-0.2, -0.15) is 18.3 Å². The number of aromatic nitrogens is 4. The SMILES string of the molecule is Cl.Fc1ccc(-c2nccnc2N2CCN(C(CC(F)(F)F)c3cn[nH]c3)CC2)cc1. The third kappa shape index (κ3) is 5.50. The van der Waals surface area contributed by atoms with Crippen molar-refractivity contribution in [2.24, 2.45) is 0 Å². The van der Waals surface area contributed by atoms with Crippen LogP contribution in [0.3, 0.4) is 0 Å². The molecule has 0 saturated carbocycles. The zero-order valence-corrected chi connectivity index (χ0v) is 17.2. The number of halogens is 5. The summed E-state index contributed by atoms with van der Waals surface area (Å²) in [4.78, 5) is 12.7. The fourth-order valence-electron chi connectivity index (χ4n) is 3.74. The summed E-state index contributed by atoms with van der Waals surface area (Å²) in [6.45, 7) is 1.87. The topological polar surface area (TPSA) is 60.9 Å². The van der Waals surface area contributed by atoms with Crippen molar-refractivity contribution in [2.45, 2.75) is 18.6 Å². The largest absolute Gasteiger partial charge is 0.390 e. The summed E-state index contributed by atoms with van der Waals surface area (Å²) in [5.41, 5.74) is 1.87. The second-order valence-electron chi connectivity index (χ2n) is 7.13. The van der Waals surface area contributed by atoms with Crippen LogP contribution in [0, 0.1) is 5.82 Å². The van der Waals surface area contributed by atoms with Gasteiger partial charge in [-0.05, 0) is 24.3 Å². The standard InChI is InChI=1S/C20H20F4N6.ClH/c21-16-3-1-14(2-4-16)18-19(26-6-5-25-18)30-9-7-29(8-10-30)17(11-20(22,23)24)15-12-27-28-13-15;/h1-6,12-13,17H,7-11H2,(H,27,28);1H. The van der Waals surface area contributed by atoms with Gasteiger partial charge in [0.25, 0.3) is 0 Å². The van der Waals surface area contributed by atoms with Gasteiger partial charge >= 0.3 is 6.18 Å². The molecule has 11 heteroatoms. The molecule has 1 fully saturated rings. The molecule has 3 aromatic rings. The van der Waals surface area contributed by atoms with E-state index in [2.05, 4.69) is 20.2 Å². The number of alkyl halides is 3. The molecule has 4 rings (SSSR count). The van der Waals surface area contributed by atoms with Crippen molar-refractivity contribution in [3.63, 3.8) is 0 Å². The lowest BCUT2D eigenvalue weighted by molar-refractivity contribution is -0.148. The van der Waals surface area contributed by atoms with E-state index in [0.29, 0.717) is 43.3 Å². The lowest BCUT2D eigenvalue weighted by Crippen LogP contribution is -2.48. The van der Waals surface area contributed by atoms with E-state index in [1.54, 1.807) is 24.5 Å². The van der Waals surface area contributed by atoms with Gasteiger partial charge in [0, 0.05) is 61.9 Å². The minimum absolute atomic E-state index is 0. The molecule has 0 bridgehead atoms. The first-order valence-electron chi connectivity index (χ1n) is 9.52. The van der Waals surface area contributed by atoms with Crippen LogP contribution in [-0.4, -0.2) is 57.4 Å². The smallest absolute Gasteiger partial charge is 0.352 e. The van der Waals surface area contributed by atoms with Crippen molar-refractivity contribution in [3.05, 3.63) is 60.4 Å². The van der Waals surface area contributed by atoms with E-state index >= 15 is 0 Å². The van der Waals surface area contributed by atoms with E-state index in [4.69, 9.17) is 0 Å². The summed E-state index contributed by atoms with van der Waals surface area (Å²) in [5, 5.41) is 6.41. The van der Waals surface area contributed by atoms with Crippen molar-refractivity contribution in [1.29, 1.82) is 0 Å². The monoisotopic (exact) mass is 456 g/mol. The zero-order valence-electron chi connectivity index (χ0n) is 16.4.